The van der Waals surface area contributed by atoms with Crippen molar-refractivity contribution in [3.05, 3.63) is 34.6 Å². The highest BCUT2D eigenvalue weighted by Crippen LogP contribution is 2.26. The summed E-state index contributed by atoms with van der Waals surface area (Å²) in [4.78, 5) is 0. The Balaban J connectivity index is 2.90. The quantitative estimate of drug-likeness (QED) is 0.736. The molecule has 0 heterocycles. The predicted molar refractivity (Wildman–Crippen MR) is 55.2 cm³/mol. The molecule has 1 aromatic rings. The van der Waals surface area contributed by atoms with Gasteiger partial charge in [-0.2, -0.15) is 5.26 Å². The highest BCUT2D eigenvalue weighted by molar-refractivity contribution is 6.50. The van der Waals surface area contributed by atoms with E-state index in [1.807, 2.05) is 0 Å². The van der Waals surface area contributed by atoms with Gasteiger partial charge in [0.15, 0.2) is 0 Å². The first kappa shape index (κ1) is 11.6. The molecule has 0 atom stereocenters. The van der Waals surface area contributed by atoms with Crippen LogP contribution < -0.4 is 0 Å². The molecule has 74 valence electrons. The van der Waals surface area contributed by atoms with Crippen LogP contribution in [0.1, 0.15) is 5.56 Å². The first-order valence-corrected chi connectivity index (χ1v) is 4.81. The zero-order chi connectivity index (χ0) is 10.8. The van der Waals surface area contributed by atoms with E-state index in [-0.39, 0.29) is 11.4 Å². The van der Waals surface area contributed by atoms with Crippen molar-refractivity contribution >= 4 is 34.8 Å². The third-order valence-electron chi connectivity index (χ3n) is 1.57. The summed E-state index contributed by atoms with van der Waals surface area (Å²) in [5.41, 5.74) is 0.614. The van der Waals surface area contributed by atoms with E-state index in [1.165, 1.54) is 18.2 Å². The van der Waals surface area contributed by atoms with E-state index in [0.29, 0.717) is 5.56 Å². The van der Waals surface area contributed by atoms with E-state index in [2.05, 4.69) is 0 Å². The Morgan fingerprint density at radius 2 is 2.07 bits per heavy atom. The maximum atomic E-state index is 12.8. The summed E-state index contributed by atoms with van der Waals surface area (Å²) in [6.07, 6.45) is 0.104. The third-order valence-corrected chi connectivity index (χ3v) is 2.30. The molecule has 0 aliphatic rings. The molecule has 0 fully saturated rings. The first-order valence-electron chi connectivity index (χ1n) is 3.67. The molecule has 0 bridgehead atoms. The Morgan fingerprint density at radius 1 is 1.43 bits per heavy atom. The molecular weight excluding hydrogens is 247 g/mol. The maximum absolute atomic E-state index is 12.8. The van der Waals surface area contributed by atoms with Crippen molar-refractivity contribution in [1.82, 2.24) is 0 Å². The van der Waals surface area contributed by atoms with Crippen molar-refractivity contribution in [3.8, 4) is 6.07 Å². The molecule has 0 saturated heterocycles. The molecule has 0 amide bonds. The summed E-state index contributed by atoms with van der Waals surface area (Å²) in [5, 5.41) is 8.55. The number of rotatable bonds is 2. The number of nitrogens with zero attached hydrogens (tertiary/aromatic N) is 1. The van der Waals surface area contributed by atoms with Gasteiger partial charge in [-0.05, 0) is 17.7 Å². The molecule has 1 nitrogen and oxygen atoms in total. The molecular formula is C9H5Cl3FN. The standard InChI is InChI=1S/C9H5Cl3FN/c10-7-3-6(1-2-8(7)13)4-9(11,12)5-14/h1-3H,4H2. The lowest BCUT2D eigenvalue weighted by molar-refractivity contribution is 0.627. The Hall–Kier alpha value is -0.490. The van der Waals surface area contributed by atoms with Crippen LogP contribution in [0.25, 0.3) is 0 Å². The summed E-state index contributed by atoms with van der Waals surface area (Å²) in [5.74, 6) is -0.512. The summed E-state index contributed by atoms with van der Waals surface area (Å²) in [7, 11) is 0. The number of hydrogen-bond acceptors (Lipinski definition) is 1. The van der Waals surface area contributed by atoms with Crippen LogP contribution >= 0.6 is 34.8 Å². The molecule has 0 aliphatic carbocycles. The lowest BCUT2D eigenvalue weighted by atomic mass is 10.1. The molecule has 5 heteroatoms. The van der Waals surface area contributed by atoms with Crippen LogP contribution in [0, 0.1) is 17.1 Å². The van der Waals surface area contributed by atoms with E-state index in [0.717, 1.165) is 0 Å². The van der Waals surface area contributed by atoms with Gasteiger partial charge in [0.2, 0.25) is 4.33 Å². The monoisotopic (exact) mass is 251 g/mol. The first-order chi connectivity index (χ1) is 6.44. The fraction of sp³-hybridized carbons (Fsp3) is 0.222. The number of halogens is 4. The van der Waals surface area contributed by atoms with Crippen molar-refractivity contribution in [2.75, 3.05) is 0 Å². The molecule has 0 aliphatic heterocycles. The van der Waals surface area contributed by atoms with Crippen LogP contribution in [-0.4, -0.2) is 4.33 Å². The Morgan fingerprint density at radius 3 is 2.57 bits per heavy atom. The van der Waals surface area contributed by atoms with Gasteiger partial charge in [-0.15, -0.1) is 0 Å². The summed E-state index contributed by atoms with van der Waals surface area (Å²) >= 11 is 16.8. The van der Waals surface area contributed by atoms with E-state index in [4.69, 9.17) is 40.1 Å². The minimum atomic E-state index is -1.50. The maximum Gasteiger partial charge on any atom is 0.207 e. The summed E-state index contributed by atoms with van der Waals surface area (Å²) < 4.78 is 11.3. The molecule has 0 aromatic heterocycles. The van der Waals surface area contributed by atoms with Crippen molar-refractivity contribution in [1.29, 1.82) is 5.26 Å². The number of nitriles is 1. The number of alkyl halides is 2. The Labute approximate surface area is 96.0 Å². The third kappa shape index (κ3) is 3.02. The second-order valence-corrected chi connectivity index (χ2v) is 4.63. The van der Waals surface area contributed by atoms with Gasteiger partial charge in [0.25, 0.3) is 0 Å². The minimum absolute atomic E-state index is 0.00965. The van der Waals surface area contributed by atoms with Gasteiger partial charge in [0.1, 0.15) is 11.9 Å². The van der Waals surface area contributed by atoms with Gasteiger partial charge >= 0.3 is 0 Å². The van der Waals surface area contributed by atoms with Crippen molar-refractivity contribution < 1.29 is 4.39 Å². The average Bonchev–Trinajstić information content (AvgIpc) is 2.11. The minimum Gasteiger partial charge on any atom is -0.205 e. The van der Waals surface area contributed by atoms with E-state index >= 15 is 0 Å². The van der Waals surface area contributed by atoms with Crippen molar-refractivity contribution in [3.63, 3.8) is 0 Å². The number of hydrogen-bond donors (Lipinski definition) is 0. The fourth-order valence-electron chi connectivity index (χ4n) is 0.945. The normalized spacial score (nSPS) is 11.1. The van der Waals surface area contributed by atoms with E-state index < -0.39 is 10.2 Å². The van der Waals surface area contributed by atoms with Gasteiger partial charge in [0.05, 0.1) is 5.02 Å². The number of benzene rings is 1. The van der Waals surface area contributed by atoms with Crippen LogP contribution in [0.2, 0.25) is 5.02 Å². The molecule has 0 N–H and O–H groups in total. The van der Waals surface area contributed by atoms with Gasteiger partial charge in [-0.25, -0.2) is 4.39 Å². The smallest absolute Gasteiger partial charge is 0.205 e. The predicted octanol–water partition coefficient (Wildman–Crippen LogP) is 3.72. The molecule has 1 rings (SSSR count). The molecule has 0 spiro atoms. The zero-order valence-corrected chi connectivity index (χ0v) is 9.17. The second-order valence-electron chi connectivity index (χ2n) is 2.74. The Kier molecular flexibility index (Phi) is 3.60. The topological polar surface area (TPSA) is 23.8 Å². The lowest BCUT2D eigenvalue weighted by Gasteiger charge is -2.10. The van der Waals surface area contributed by atoms with Gasteiger partial charge in [0, 0.05) is 6.42 Å². The highest BCUT2D eigenvalue weighted by Gasteiger charge is 2.23. The largest absolute Gasteiger partial charge is 0.207 e. The highest BCUT2D eigenvalue weighted by atomic mass is 35.5. The van der Waals surface area contributed by atoms with Gasteiger partial charge in [-0.1, -0.05) is 40.9 Å². The lowest BCUT2D eigenvalue weighted by Crippen LogP contribution is -2.13. The SMILES string of the molecule is N#CC(Cl)(Cl)Cc1ccc(F)c(Cl)c1. The fourth-order valence-corrected chi connectivity index (χ4v) is 1.46. The summed E-state index contributed by atoms with van der Waals surface area (Å²) in [6.45, 7) is 0. The molecule has 0 unspecified atom stereocenters. The van der Waals surface area contributed by atoms with Gasteiger partial charge < -0.3 is 0 Å². The van der Waals surface area contributed by atoms with Crippen LogP contribution in [0.4, 0.5) is 4.39 Å². The van der Waals surface area contributed by atoms with Crippen LogP contribution in [0.5, 0.6) is 0 Å². The van der Waals surface area contributed by atoms with E-state index in [9.17, 15) is 4.39 Å². The molecule has 14 heavy (non-hydrogen) atoms. The molecule has 0 radical (unpaired) electrons. The van der Waals surface area contributed by atoms with Crippen LogP contribution in [-0.2, 0) is 6.42 Å². The summed E-state index contributed by atoms with van der Waals surface area (Å²) in [6, 6.07) is 5.81. The van der Waals surface area contributed by atoms with Crippen LogP contribution in [0.3, 0.4) is 0 Å². The van der Waals surface area contributed by atoms with E-state index in [1.54, 1.807) is 6.07 Å². The van der Waals surface area contributed by atoms with Gasteiger partial charge in [-0.3, -0.25) is 0 Å². The Bertz CT molecular complexity index is 384. The average molecular weight is 253 g/mol. The van der Waals surface area contributed by atoms with Crippen LogP contribution in [0.15, 0.2) is 18.2 Å². The van der Waals surface area contributed by atoms with Crippen molar-refractivity contribution in [2.24, 2.45) is 0 Å². The molecule has 1 aromatic carbocycles. The molecule has 0 saturated carbocycles. The zero-order valence-electron chi connectivity index (χ0n) is 6.90. The van der Waals surface area contributed by atoms with Crippen molar-refractivity contribution in [2.45, 2.75) is 10.8 Å². The second kappa shape index (κ2) is 4.35.